The molecule has 0 radical (unpaired) electrons. The molecule has 0 bridgehead atoms. The van der Waals surface area contributed by atoms with Gasteiger partial charge >= 0.3 is 0 Å². The van der Waals surface area contributed by atoms with Crippen molar-refractivity contribution in [3.05, 3.63) is 0 Å². The van der Waals surface area contributed by atoms with Crippen LogP contribution in [-0.4, -0.2) is 176 Å². The van der Waals surface area contributed by atoms with Crippen LogP contribution in [0, 0.1) is 52.3 Å². The van der Waals surface area contributed by atoms with Crippen LogP contribution >= 0.6 is 0 Å². The Bertz CT molecular complexity index is 1520. The lowest BCUT2D eigenvalue weighted by Gasteiger charge is -2.61. The van der Waals surface area contributed by atoms with Gasteiger partial charge in [-0.3, -0.25) is 0 Å². The fourth-order valence-corrected chi connectivity index (χ4v) is 14.4. The quantitative estimate of drug-likeness (QED) is 0.145. The van der Waals surface area contributed by atoms with E-state index in [0.29, 0.717) is 47.8 Å². The molecule has 9 fully saturated rings. The van der Waals surface area contributed by atoms with Gasteiger partial charge in [0.1, 0.15) is 67.1 Å². The minimum Gasteiger partial charge on any atom is -0.394 e. The highest BCUT2D eigenvalue weighted by molar-refractivity contribution is 5.15. The largest absolute Gasteiger partial charge is 0.394 e. The Morgan fingerprint density at radius 3 is 2.02 bits per heavy atom. The van der Waals surface area contributed by atoms with Crippen molar-refractivity contribution in [1.82, 2.24) is 0 Å². The molecule has 9 aliphatic rings. The van der Waals surface area contributed by atoms with Gasteiger partial charge in [0.15, 0.2) is 24.7 Å². The number of aliphatic hydroxyl groups excluding tert-OH is 9. The Morgan fingerprint density at radius 1 is 0.607 bits per heavy atom. The molecule has 0 aromatic heterocycles. The molecule has 26 atom stereocenters. The average molecular weight is 873 g/mol. The average Bonchev–Trinajstić information content (AvgIpc) is 3.69. The number of hydrogen-bond donors (Lipinski definition) is 9. The van der Waals surface area contributed by atoms with Crippen molar-refractivity contribution in [2.24, 2.45) is 52.3 Å². The molecule has 61 heavy (non-hydrogen) atoms. The Morgan fingerprint density at radius 2 is 1.30 bits per heavy atom. The van der Waals surface area contributed by atoms with E-state index in [-0.39, 0.29) is 23.0 Å². The van der Waals surface area contributed by atoms with Gasteiger partial charge in [0.2, 0.25) is 0 Å². The highest BCUT2D eigenvalue weighted by atomic mass is 16.8. The predicted molar refractivity (Wildman–Crippen MR) is 210 cm³/mol. The van der Waals surface area contributed by atoms with Crippen LogP contribution in [0.15, 0.2) is 0 Å². The van der Waals surface area contributed by atoms with E-state index in [1.54, 1.807) is 0 Å². The second kappa shape index (κ2) is 17.2. The van der Waals surface area contributed by atoms with Gasteiger partial charge in [-0.15, -0.1) is 0 Å². The third-order valence-corrected chi connectivity index (χ3v) is 17.9. The molecule has 0 amide bonds. The number of hydrogen-bond acceptors (Lipinski definition) is 17. The molecule has 5 aliphatic heterocycles. The van der Waals surface area contributed by atoms with Gasteiger partial charge in [0, 0.05) is 12.3 Å². The van der Waals surface area contributed by atoms with E-state index in [2.05, 4.69) is 27.7 Å². The lowest BCUT2D eigenvalue weighted by atomic mass is 9.44. The summed E-state index contributed by atoms with van der Waals surface area (Å²) in [5.74, 6) is 3.12. The zero-order valence-electron chi connectivity index (χ0n) is 36.0. The zero-order valence-corrected chi connectivity index (χ0v) is 36.0. The molecule has 17 nitrogen and oxygen atoms in total. The number of rotatable bonds is 8. The first-order chi connectivity index (χ1) is 29.0. The summed E-state index contributed by atoms with van der Waals surface area (Å²) in [4.78, 5) is 0. The monoisotopic (exact) mass is 872 g/mol. The van der Waals surface area contributed by atoms with Crippen molar-refractivity contribution >= 4 is 0 Å². The van der Waals surface area contributed by atoms with Gasteiger partial charge in [-0.25, -0.2) is 0 Å². The maximum atomic E-state index is 11.5. The van der Waals surface area contributed by atoms with Gasteiger partial charge in [0.05, 0.1) is 38.6 Å². The molecule has 5 saturated heterocycles. The maximum Gasteiger partial charge on any atom is 0.187 e. The second-order valence-corrected chi connectivity index (χ2v) is 21.1. The normalized spacial score (nSPS) is 58.5. The lowest BCUT2D eigenvalue weighted by molar-refractivity contribution is -0.392. The summed E-state index contributed by atoms with van der Waals surface area (Å²) in [6, 6.07) is 0. The SMILES string of the molecule is C[C@H]1CC[C@@]2(OC1)O[C@H]1C[C@H]3[C@@H]4CC[C@@H]5C[C@@H](O[C@@H]6O[C@H](CO)[C@@H](O)[C@H](O[C@@H]7OC[C@@H](O)[C@H](O)[C@H]7O)[C@H]6O[C@@H]6O[C@H](CO)[C@@H](O)[C@H](O)[C@H]6O)CC[C@]5(C)[C@H]4CC[C@]3(C)[C@H]1[C@@H]2C. The molecular formula is C44H72O17. The van der Waals surface area contributed by atoms with E-state index in [0.717, 1.165) is 51.6 Å². The van der Waals surface area contributed by atoms with Crippen LogP contribution in [0.25, 0.3) is 0 Å². The third-order valence-electron chi connectivity index (χ3n) is 17.9. The smallest absolute Gasteiger partial charge is 0.187 e. The van der Waals surface area contributed by atoms with Crippen LogP contribution < -0.4 is 0 Å². The first-order valence-electron chi connectivity index (χ1n) is 23.2. The minimum atomic E-state index is -1.82. The van der Waals surface area contributed by atoms with Crippen molar-refractivity contribution < 1.29 is 83.9 Å². The standard InChI is InChI=1S/C44H72O17/c1-19-7-12-44(55-17-19)20(2)30-27(61-44)14-25-23-6-5-21-13-22(8-10-42(21,3)24(23)9-11-43(25,30)4)56-41-38(60-40-36(53)34(51)32(49)28(15-45)57-40)37(33(50)29(16-46)58-41)59-39-35(52)31(48)26(47)18-54-39/h19-41,45-53H,5-18H2,1-4H3/t19-,20-,21+,22-,23+,24-,25-,26+,27-,28+,29+,30-,31-,32+,33+,34-,35+,36+,37-,38+,39-,40-,41+,42-,43-,44+/m0/s1. The van der Waals surface area contributed by atoms with Crippen LogP contribution in [0.4, 0.5) is 0 Å². The highest BCUT2D eigenvalue weighted by Crippen LogP contribution is 2.71. The fourth-order valence-electron chi connectivity index (χ4n) is 14.4. The van der Waals surface area contributed by atoms with Gasteiger partial charge in [-0.1, -0.05) is 27.7 Å². The molecule has 9 rings (SSSR count). The van der Waals surface area contributed by atoms with Crippen molar-refractivity contribution in [2.45, 2.75) is 196 Å². The fraction of sp³-hybridized carbons (Fsp3) is 1.00. The number of aliphatic hydroxyl groups is 9. The van der Waals surface area contributed by atoms with E-state index in [9.17, 15) is 46.0 Å². The molecule has 350 valence electrons. The molecule has 17 heteroatoms. The maximum absolute atomic E-state index is 11.5. The van der Waals surface area contributed by atoms with Crippen LogP contribution in [-0.2, 0) is 37.9 Å². The van der Waals surface area contributed by atoms with Crippen molar-refractivity contribution in [1.29, 1.82) is 0 Å². The van der Waals surface area contributed by atoms with E-state index >= 15 is 0 Å². The zero-order chi connectivity index (χ0) is 43.3. The lowest BCUT2D eigenvalue weighted by Crippen LogP contribution is -2.67. The summed E-state index contributed by atoms with van der Waals surface area (Å²) in [6.45, 7) is 8.68. The van der Waals surface area contributed by atoms with Crippen LogP contribution in [0.3, 0.4) is 0 Å². The van der Waals surface area contributed by atoms with Gasteiger partial charge in [-0.2, -0.15) is 0 Å². The van der Waals surface area contributed by atoms with E-state index in [4.69, 9.17) is 37.9 Å². The number of fused-ring (bicyclic) bond motifs is 7. The van der Waals surface area contributed by atoms with Gasteiger partial charge in [-0.05, 0) is 104 Å². The van der Waals surface area contributed by atoms with Crippen molar-refractivity contribution in [3.8, 4) is 0 Å². The minimum absolute atomic E-state index is 0.0904. The topological polar surface area (TPSA) is 256 Å². The van der Waals surface area contributed by atoms with Crippen LogP contribution in [0.2, 0.25) is 0 Å². The molecule has 0 aromatic carbocycles. The third kappa shape index (κ3) is 7.58. The summed E-state index contributed by atoms with van der Waals surface area (Å²) in [6.07, 6.45) is -11.8. The number of ether oxygens (including phenoxy) is 8. The Balaban J connectivity index is 0.917. The highest BCUT2D eigenvalue weighted by Gasteiger charge is 2.69. The summed E-state index contributed by atoms with van der Waals surface area (Å²) < 4.78 is 50.0. The molecule has 4 aliphatic carbocycles. The van der Waals surface area contributed by atoms with Gasteiger partial charge < -0.3 is 83.9 Å². The first kappa shape index (κ1) is 45.5. The summed E-state index contributed by atoms with van der Waals surface area (Å²) in [5, 5.41) is 95.1. The van der Waals surface area contributed by atoms with Crippen LogP contribution in [0.5, 0.6) is 0 Å². The van der Waals surface area contributed by atoms with E-state index in [1.165, 1.54) is 12.8 Å². The van der Waals surface area contributed by atoms with Gasteiger partial charge in [0.25, 0.3) is 0 Å². The Labute approximate surface area is 357 Å². The molecule has 0 unspecified atom stereocenters. The molecule has 9 N–H and O–H groups in total. The summed E-state index contributed by atoms with van der Waals surface area (Å²) >= 11 is 0. The van der Waals surface area contributed by atoms with Crippen molar-refractivity contribution in [2.75, 3.05) is 26.4 Å². The van der Waals surface area contributed by atoms with Crippen molar-refractivity contribution in [3.63, 3.8) is 0 Å². The summed E-state index contributed by atoms with van der Waals surface area (Å²) in [7, 11) is 0. The molecule has 0 aromatic rings. The second-order valence-electron chi connectivity index (χ2n) is 21.1. The van der Waals surface area contributed by atoms with Crippen LogP contribution in [0.1, 0.15) is 91.9 Å². The first-order valence-corrected chi connectivity index (χ1v) is 23.2. The Kier molecular flexibility index (Phi) is 12.8. The molecule has 1 spiro atoms. The molecule has 4 saturated carbocycles. The van der Waals surface area contributed by atoms with E-state index in [1.807, 2.05) is 0 Å². The summed E-state index contributed by atoms with van der Waals surface area (Å²) in [5.41, 5.74) is 0.301. The molecular weight excluding hydrogens is 800 g/mol. The molecule has 5 heterocycles. The van der Waals surface area contributed by atoms with E-state index < -0.39 is 112 Å². The predicted octanol–water partition coefficient (Wildman–Crippen LogP) is -0.0945. The Hall–Kier alpha value is -0.680.